The van der Waals surface area contributed by atoms with Gasteiger partial charge < -0.3 is 9.64 Å². The molecule has 0 saturated carbocycles. The maximum absolute atomic E-state index is 12.5. The van der Waals surface area contributed by atoms with Gasteiger partial charge >= 0.3 is 6.18 Å². The number of halogens is 3. The first-order chi connectivity index (χ1) is 10.4. The molecule has 118 valence electrons. The lowest BCUT2D eigenvalue weighted by Gasteiger charge is -2.37. The average Bonchev–Trinajstić information content (AvgIpc) is 3.00. The van der Waals surface area contributed by atoms with Gasteiger partial charge in [0, 0.05) is 13.1 Å². The summed E-state index contributed by atoms with van der Waals surface area (Å²) in [5.41, 5.74) is 0.0911. The molecule has 0 aromatic carbocycles. The fourth-order valence-electron chi connectivity index (χ4n) is 2.43. The van der Waals surface area contributed by atoms with Crippen LogP contribution in [0.15, 0.2) is 29.0 Å². The number of morpholine rings is 1. The van der Waals surface area contributed by atoms with E-state index in [2.05, 4.69) is 10.2 Å². The van der Waals surface area contributed by atoms with Gasteiger partial charge in [-0.25, -0.2) is 0 Å². The van der Waals surface area contributed by atoms with Crippen molar-refractivity contribution in [2.45, 2.75) is 25.3 Å². The molecule has 2 unspecified atom stereocenters. The lowest BCUT2D eigenvalue weighted by Crippen LogP contribution is -2.43. The van der Waals surface area contributed by atoms with Crippen molar-refractivity contribution in [1.29, 1.82) is 0 Å². The Bertz CT molecular complexity index is 615. The van der Waals surface area contributed by atoms with Crippen LogP contribution in [0.1, 0.15) is 24.3 Å². The molecule has 2 atom stereocenters. The number of ether oxygens (including phenoxy) is 1. The lowest BCUT2D eigenvalue weighted by atomic mass is 10.1. The monoisotopic (exact) mass is 329 g/mol. The highest BCUT2D eigenvalue weighted by molar-refractivity contribution is 7.07. The van der Waals surface area contributed by atoms with Gasteiger partial charge in [0.05, 0.1) is 6.10 Å². The van der Waals surface area contributed by atoms with Gasteiger partial charge in [-0.15, -0.1) is 10.2 Å². The first kappa shape index (κ1) is 15.2. The molecule has 2 aromatic rings. The van der Waals surface area contributed by atoms with E-state index in [1.54, 1.807) is 11.3 Å². The summed E-state index contributed by atoms with van der Waals surface area (Å²) in [6.07, 6.45) is -4.62. The molecule has 22 heavy (non-hydrogen) atoms. The van der Waals surface area contributed by atoms with Crippen LogP contribution in [0.5, 0.6) is 0 Å². The minimum Gasteiger partial charge on any atom is -0.367 e. The summed E-state index contributed by atoms with van der Waals surface area (Å²) >= 11 is 1.58. The second kappa shape index (κ2) is 5.85. The topological polar surface area (TPSA) is 38.2 Å². The minimum atomic E-state index is -4.47. The predicted octanol–water partition coefficient (Wildman–Crippen LogP) is 3.52. The van der Waals surface area contributed by atoms with Crippen LogP contribution in [-0.4, -0.2) is 29.4 Å². The Labute approximate surface area is 129 Å². The molecule has 0 radical (unpaired) electrons. The number of alkyl halides is 3. The maximum Gasteiger partial charge on any atom is 0.435 e. The SMILES string of the molecule is CC1CN(c2ccc(C(F)(F)F)nn2)CC(c2ccsc2)O1. The molecule has 8 heteroatoms. The Morgan fingerprint density at radius 3 is 2.64 bits per heavy atom. The molecule has 0 amide bonds. The molecular formula is C14H14F3N3OS. The Morgan fingerprint density at radius 2 is 2.05 bits per heavy atom. The van der Waals surface area contributed by atoms with Crippen molar-refractivity contribution in [3.63, 3.8) is 0 Å². The van der Waals surface area contributed by atoms with Crippen LogP contribution in [0.3, 0.4) is 0 Å². The number of rotatable bonds is 2. The third-order valence-electron chi connectivity index (χ3n) is 3.44. The van der Waals surface area contributed by atoms with Crippen LogP contribution in [0.4, 0.5) is 19.0 Å². The Balaban J connectivity index is 1.79. The fourth-order valence-corrected chi connectivity index (χ4v) is 3.13. The molecule has 2 aromatic heterocycles. The van der Waals surface area contributed by atoms with Gasteiger partial charge in [-0.1, -0.05) is 0 Å². The van der Waals surface area contributed by atoms with Gasteiger partial charge in [-0.2, -0.15) is 24.5 Å². The Morgan fingerprint density at radius 1 is 1.23 bits per heavy atom. The highest BCUT2D eigenvalue weighted by Gasteiger charge is 2.34. The zero-order valence-corrected chi connectivity index (χ0v) is 12.6. The van der Waals surface area contributed by atoms with Crippen molar-refractivity contribution in [1.82, 2.24) is 10.2 Å². The highest BCUT2D eigenvalue weighted by Crippen LogP contribution is 2.30. The second-order valence-electron chi connectivity index (χ2n) is 5.17. The van der Waals surface area contributed by atoms with Gasteiger partial charge in [-0.3, -0.25) is 0 Å². The van der Waals surface area contributed by atoms with E-state index in [0.29, 0.717) is 18.9 Å². The fraction of sp³-hybridized carbons (Fsp3) is 0.429. The number of aromatic nitrogens is 2. The van der Waals surface area contributed by atoms with Crippen LogP contribution in [-0.2, 0) is 10.9 Å². The summed E-state index contributed by atoms with van der Waals surface area (Å²) in [6.45, 7) is 3.05. The van der Waals surface area contributed by atoms with Gasteiger partial charge in [0.1, 0.15) is 6.10 Å². The third kappa shape index (κ3) is 3.22. The summed E-state index contributed by atoms with van der Waals surface area (Å²) < 4.78 is 43.5. The molecule has 1 aliphatic heterocycles. The minimum absolute atomic E-state index is 0.0391. The summed E-state index contributed by atoms with van der Waals surface area (Å²) in [5, 5.41) is 11.0. The van der Waals surface area contributed by atoms with Crippen LogP contribution >= 0.6 is 11.3 Å². The van der Waals surface area contributed by atoms with Crippen molar-refractivity contribution < 1.29 is 17.9 Å². The third-order valence-corrected chi connectivity index (χ3v) is 4.14. The van der Waals surface area contributed by atoms with Crippen molar-refractivity contribution in [2.75, 3.05) is 18.0 Å². The van der Waals surface area contributed by atoms with Crippen molar-refractivity contribution in [2.24, 2.45) is 0 Å². The molecule has 3 rings (SSSR count). The molecule has 1 aliphatic rings. The van der Waals surface area contributed by atoms with Gasteiger partial charge in [-0.05, 0) is 41.4 Å². The average molecular weight is 329 g/mol. The van der Waals surface area contributed by atoms with Gasteiger partial charge in [0.25, 0.3) is 0 Å². The van der Waals surface area contributed by atoms with Crippen molar-refractivity contribution in [3.8, 4) is 0 Å². The summed E-state index contributed by atoms with van der Waals surface area (Å²) in [6, 6.07) is 4.31. The van der Waals surface area contributed by atoms with Crippen molar-refractivity contribution >= 4 is 17.2 Å². The molecule has 4 nitrogen and oxygen atoms in total. The van der Waals surface area contributed by atoms with E-state index in [1.165, 1.54) is 6.07 Å². The van der Waals surface area contributed by atoms with Gasteiger partial charge in [0.15, 0.2) is 11.5 Å². The summed E-state index contributed by atoms with van der Waals surface area (Å²) in [4.78, 5) is 1.91. The van der Waals surface area contributed by atoms with E-state index in [0.717, 1.165) is 11.6 Å². The molecular weight excluding hydrogens is 315 g/mol. The molecule has 0 aliphatic carbocycles. The highest BCUT2D eigenvalue weighted by atomic mass is 32.1. The standard InChI is InChI=1S/C14H14F3N3OS/c1-9-6-20(7-11(21-9)10-4-5-22-8-10)13-3-2-12(18-19-13)14(15,16)17/h2-5,8-9,11H,6-7H2,1H3. The quantitative estimate of drug-likeness (QED) is 0.845. The van der Waals surface area contributed by atoms with E-state index >= 15 is 0 Å². The summed E-state index contributed by atoms with van der Waals surface area (Å²) in [7, 11) is 0. The molecule has 0 bridgehead atoms. The molecule has 0 N–H and O–H groups in total. The Hall–Kier alpha value is -1.67. The van der Waals surface area contributed by atoms with E-state index in [1.807, 2.05) is 28.7 Å². The van der Waals surface area contributed by atoms with E-state index in [4.69, 9.17) is 4.74 Å². The molecule has 0 spiro atoms. The first-order valence-corrected chi connectivity index (χ1v) is 7.71. The normalized spacial score (nSPS) is 22.8. The lowest BCUT2D eigenvalue weighted by molar-refractivity contribution is -0.141. The van der Waals surface area contributed by atoms with Crippen LogP contribution in [0, 0.1) is 0 Å². The zero-order valence-electron chi connectivity index (χ0n) is 11.7. The van der Waals surface area contributed by atoms with Crippen LogP contribution in [0.25, 0.3) is 0 Å². The Kier molecular flexibility index (Phi) is 4.05. The van der Waals surface area contributed by atoms with Crippen LogP contribution in [0.2, 0.25) is 0 Å². The maximum atomic E-state index is 12.5. The largest absolute Gasteiger partial charge is 0.435 e. The number of nitrogens with zero attached hydrogens (tertiary/aromatic N) is 3. The van der Waals surface area contributed by atoms with Gasteiger partial charge in [0.2, 0.25) is 0 Å². The van der Waals surface area contributed by atoms with E-state index in [-0.39, 0.29) is 12.2 Å². The zero-order chi connectivity index (χ0) is 15.7. The smallest absolute Gasteiger partial charge is 0.367 e. The van der Waals surface area contributed by atoms with E-state index < -0.39 is 11.9 Å². The number of anilines is 1. The predicted molar refractivity (Wildman–Crippen MR) is 76.9 cm³/mol. The number of thiophene rings is 1. The molecule has 3 heterocycles. The van der Waals surface area contributed by atoms with Crippen molar-refractivity contribution in [3.05, 3.63) is 40.2 Å². The number of hydrogen-bond acceptors (Lipinski definition) is 5. The number of hydrogen-bond donors (Lipinski definition) is 0. The second-order valence-corrected chi connectivity index (χ2v) is 5.95. The molecule has 1 saturated heterocycles. The first-order valence-electron chi connectivity index (χ1n) is 6.77. The molecule has 1 fully saturated rings. The van der Waals surface area contributed by atoms with Crippen LogP contribution < -0.4 is 4.90 Å². The summed E-state index contributed by atoms with van der Waals surface area (Å²) in [5.74, 6) is 0.434. The van der Waals surface area contributed by atoms with E-state index in [9.17, 15) is 13.2 Å².